The zero-order valence-electron chi connectivity index (χ0n) is 15.0. The van der Waals surface area contributed by atoms with Crippen LogP contribution in [-0.2, 0) is 21.4 Å². The quantitative estimate of drug-likeness (QED) is 0.664. The number of esters is 1. The molecule has 0 aliphatic rings. The Bertz CT molecular complexity index is 875. The number of carbonyl (C=O) groups excluding carboxylic acids is 1. The topological polar surface area (TPSA) is 63.7 Å². The van der Waals surface area contributed by atoms with Gasteiger partial charge in [0.2, 0.25) is 10.0 Å². The van der Waals surface area contributed by atoms with Gasteiger partial charge in [0.05, 0.1) is 10.5 Å². The highest BCUT2D eigenvalue weighted by Gasteiger charge is 2.25. The Morgan fingerprint density at radius 3 is 2.27 bits per heavy atom. The van der Waals surface area contributed by atoms with Gasteiger partial charge in [0.25, 0.3) is 0 Å². The van der Waals surface area contributed by atoms with Crippen LogP contribution in [0.4, 0.5) is 0 Å². The fraction of sp³-hybridized carbons (Fsp3) is 0.316. The lowest BCUT2D eigenvalue weighted by atomic mass is 10.1. The van der Waals surface area contributed by atoms with Crippen LogP contribution in [0.25, 0.3) is 0 Å². The summed E-state index contributed by atoms with van der Waals surface area (Å²) in [6.45, 7) is 6.08. The molecule has 0 N–H and O–H groups in total. The van der Waals surface area contributed by atoms with E-state index in [4.69, 9.17) is 16.3 Å². The zero-order valence-corrected chi connectivity index (χ0v) is 16.6. The smallest absolute Gasteiger partial charge is 0.338 e. The van der Waals surface area contributed by atoms with Crippen molar-refractivity contribution in [1.82, 2.24) is 4.31 Å². The lowest BCUT2D eigenvalue weighted by Gasteiger charge is -2.20. The molecule has 0 amide bonds. The van der Waals surface area contributed by atoms with Crippen molar-refractivity contribution in [1.29, 1.82) is 0 Å². The van der Waals surface area contributed by atoms with Gasteiger partial charge in [-0.25, -0.2) is 13.2 Å². The van der Waals surface area contributed by atoms with Gasteiger partial charge < -0.3 is 4.74 Å². The van der Waals surface area contributed by atoms with Crippen LogP contribution in [0.3, 0.4) is 0 Å². The second kappa shape index (κ2) is 8.66. The van der Waals surface area contributed by atoms with Crippen molar-refractivity contribution >= 4 is 27.6 Å². The summed E-state index contributed by atoms with van der Waals surface area (Å²) in [5.41, 5.74) is 1.59. The fourth-order valence-electron chi connectivity index (χ4n) is 2.52. The molecule has 26 heavy (non-hydrogen) atoms. The molecule has 2 rings (SSSR count). The number of ether oxygens (including phenoxy) is 1. The van der Waals surface area contributed by atoms with Crippen molar-refractivity contribution < 1.29 is 17.9 Å². The largest absolute Gasteiger partial charge is 0.457 e. The Morgan fingerprint density at radius 1 is 1.08 bits per heavy atom. The molecule has 140 valence electrons. The summed E-state index contributed by atoms with van der Waals surface area (Å²) in [7, 11) is -3.65. The van der Waals surface area contributed by atoms with Crippen molar-refractivity contribution in [3.63, 3.8) is 0 Å². The molecule has 0 unspecified atom stereocenters. The van der Waals surface area contributed by atoms with Gasteiger partial charge in [-0.05, 0) is 42.3 Å². The number of benzene rings is 2. The number of halogens is 1. The highest BCUT2D eigenvalue weighted by Crippen LogP contribution is 2.22. The second-order valence-corrected chi connectivity index (χ2v) is 8.11. The van der Waals surface area contributed by atoms with E-state index in [9.17, 15) is 13.2 Å². The van der Waals surface area contributed by atoms with E-state index >= 15 is 0 Å². The molecule has 0 aliphatic carbocycles. The standard InChI is InChI=1S/C19H22ClNO4S/c1-4-21(5-2)26(23,24)18-12-16(9-6-14(18)3)19(22)25-13-15-7-10-17(20)11-8-15/h6-12H,4-5,13H2,1-3H3. The third-order valence-corrected chi connectivity index (χ3v) is 6.47. The van der Waals surface area contributed by atoms with Crippen LogP contribution < -0.4 is 0 Å². The minimum absolute atomic E-state index is 0.0853. The predicted molar refractivity (Wildman–Crippen MR) is 102 cm³/mol. The summed E-state index contributed by atoms with van der Waals surface area (Å²) in [6.07, 6.45) is 0. The Morgan fingerprint density at radius 2 is 1.69 bits per heavy atom. The summed E-state index contributed by atoms with van der Waals surface area (Å²) >= 11 is 5.83. The lowest BCUT2D eigenvalue weighted by Crippen LogP contribution is -2.31. The fourth-order valence-corrected chi connectivity index (χ4v) is 4.36. The van der Waals surface area contributed by atoms with E-state index in [-0.39, 0.29) is 17.1 Å². The van der Waals surface area contributed by atoms with Crippen LogP contribution in [0.5, 0.6) is 0 Å². The van der Waals surface area contributed by atoms with Crippen molar-refractivity contribution in [2.75, 3.05) is 13.1 Å². The molecule has 0 radical (unpaired) electrons. The summed E-state index contributed by atoms with van der Waals surface area (Å²) in [5.74, 6) is -0.573. The molecule has 0 fully saturated rings. The molecule has 0 heterocycles. The van der Waals surface area contributed by atoms with E-state index in [1.54, 1.807) is 57.2 Å². The molecule has 0 saturated carbocycles. The molecular formula is C19H22ClNO4S. The van der Waals surface area contributed by atoms with E-state index in [0.29, 0.717) is 23.7 Å². The van der Waals surface area contributed by atoms with Crippen LogP contribution >= 0.6 is 11.6 Å². The van der Waals surface area contributed by atoms with Crippen LogP contribution in [0.1, 0.15) is 35.3 Å². The molecule has 5 nitrogen and oxygen atoms in total. The predicted octanol–water partition coefficient (Wildman–Crippen LogP) is 4.04. The SMILES string of the molecule is CCN(CC)S(=O)(=O)c1cc(C(=O)OCc2ccc(Cl)cc2)ccc1C. The number of hydrogen-bond donors (Lipinski definition) is 0. The molecule has 7 heteroatoms. The van der Waals surface area contributed by atoms with Gasteiger partial charge in [-0.1, -0.05) is 43.6 Å². The normalized spacial score (nSPS) is 11.6. The van der Waals surface area contributed by atoms with Crippen molar-refractivity contribution in [3.8, 4) is 0 Å². The first kappa shape index (κ1) is 20.4. The molecule has 0 saturated heterocycles. The van der Waals surface area contributed by atoms with E-state index in [0.717, 1.165) is 5.56 Å². The van der Waals surface area contributed by atoms with Crippen molar-refractivity contribution in [2.45, 2.75) is 32.3 Å². The summed E-state index contributed by atoms with van der Waals surface area (Å²) in [4.78, 5) is 12.5. The van der Waals surface area contributed by atoms with E-state index in [1.165, 1.54) is 10.4 Å². The molecule has 0 atom stereocenters. The molecule has 0 spiro atoms. The van der Waals surface area contributed by atoms with Gasteiger partial charge in [-0.2, -0.15) is 4.31 Å². The van der Waals surface area contributed by atoms with Gasteiger partial charge in [0.15, 0.2) is 0 Å². The van der Waals surface area contributed by atoms with Crippen LogP contribution in [0.15, 0.2) is 47.4 Å². The van der Waals surface area contributed by atoms with Crippen molar-refractivity contribution in [3.05, 3.63) is 64.2 Å². The van der Waals surface area contributed by atoms with Crippen LogP contribution in [0.2, 0.25) is 5.02 Å². The van der Waals surface area contributed by atoms with Crippen molar-refractivity contribution in [2.24, 2.45) is 0 Å². The molecule has 0 aromatic heterocycles. The average molecular weight is 396 g/mol. The lowest BCUT2D eigenvalue weighted by molar-refractivity contribution is 0.0472. The monoisotopic (exact) mass is 395 g/mol. The maximum absolute atomic E-state index is 12.8. The van der Waals surface area contributed by atoms with Crippen LogP contribution in [0, 0.1) is 6.92 Å². The molecule has 0 bridgehead atoms. The number of rotatable bonds is 7. The second-order valence-electron chi connectivity index (χ2n) is 5.77. The van der Waals surface area contributed by atoms with Gasteiger partial charge >= 0.3 is 5.97 Å². The Balaban J connectivity index is 2.22. The third-order valence-electron chi connectivity index (χ3n) is 4.03. The highest BCUT2D eigenvalue weighted by molar-refractivity contribution is 7.89. The van der Waals surface area contributed by atoms with Gasteiger partial charge in [-0.3, -0.25) is 0 Å². The minimum atomic E-state index is -3.65. The Labute approximate surface area is 159 Å². The number of nitrogens with zero attached hydrogens (tertiary/aromatic N) is 1. The maximum atomic E-state index is 12.8. The Kier molecular flexibility index (Phi) is 6.81. The Hall–Kier alpha value is -1.89. The van der Waals surface area contributed by atoms with Gasteiger partial charge in [-0.15, -0.1) is 0 Å². The molecular weight excluding hydrogens is 374 g/mol. The summed E-state index contributed by atoms with van der Waals surface area (Å²) in [6, 6.07) is 11.5. The number of sulfonamides is 1. The van der Waals surface area contributed by atoms with Gasteiger partial charge in [0, 0.05) is 18.1 Å². The highest BCUT2D eigenvalue weighted by atomic mass is 35.5. The van der Waals surface area contributed by atoms with E-state index in [1.807, 2.05) is 0 Å². The van der Waals surface area contributed by atoms with E-state index in [2.05, 4.69) is 0 Å². The first-order valence-electron chi connectivity index (χ1n) is 8.32. The van der Waals surface area contributed by atoms with Crippen LogP contribution in [-0.4, -0.2) is 31.8 Å². The first-order chi connectivity index (χ1) is 12.3. The molecule has 2 aromatic rings. The molecule has 2 aromatic carbocycles. The number of hydrogen-bond acceptors (Lipinski definition) is 4. The number of aryl methyl sites for hydroxylation is 1. The average Bonchev–Trinajstić information content (AvgIpc) is 2.62. The minimum Gasteiger partial charge on any atom is -0.457 e. The van der Waals surface area contributed by atoms with E-state index < -0.39 is 16.0 Å². The zero-order chi connectivity index (χ0) is 19.3. The summed E-state index contributed by atoms with van der Waals surface area (Å²) in [5, 5.41) is 0.602. The maximum Gasteiger partial charge on any atom is 0.338 e. The van der Waals surface area contributed by atoms with Gasteiger partial charge in [0.1, 0.15) is 6.61 Å². The summed E-state index contributed by atoms with van der Waals surface area (Å²) < 4.78 is 32.2. The third kappa shape index (κ3) is 4.63. The molecule has 0 aliphatic heterocycles. The number of carbonyl (C=O) groups is 1. The first-order valence-corrected chi connectivity index (χ1v) is 10.1.